The highest BCUT2D eigenvalue weighted by Gasteiger charge is 2.16. The van der Waals surface area contributed by atoms with Gasteiger partial charge in [0.25, 0.3) is 0 Å². The summed E-state index contributed by atoms with van der Waals surface area (Å²) in [5.74, 6) is 0. The zero-order valence-corrected chi connectivity index (χ0v) is 9.52. The number of rotatable bonds is 7. The smallest absolute Gasteiger partial charge is 0.0750 e. The van der Waals surface area contributed by atoms with Crippen LogP contribution in [0.1, 0.15) is 27.7 Å². The first-order valence-corrected chi connectivity index (χ1v) is 4.89. The van der Waals surface area contributed by atoms with E-state index in [-0.39, 0.29) is 11.7 Å². The van der Waals surface area contributed by atoms with Gasteiger partial charge in [0, 0.05) is 26.8 Å². The predicted octanol–water partition coefficient (Wildman–Crippen LogP) is 1.43. The van der Waals surface area contributed by atoms with E-state index >= 15 is 0 Å². The van der Waals surface area contributed by atoms with Crippen molar-refractivity contribution in [2.24, 2.45) is 0 Å². The normalized spacial score (nSPS) is 14.5. The van der Waals surface area contributed by atoms with Gasteiger partial charge in [-0.3, -0.25) is 0 Å². The fraction of sp³-hybridized carbons (Fsp3) is 1.00. The molecular formula is C10H23NO2. The van der Waals surface area contributed by atoms with Gasteiger partial charge in [-0.15, -0.1) is 0 Å². The molecule has 0 aromatic carbocycles. The van der Waals surface area contributed by atoms with Crippen LogP contribution in [-0.2, 0) is 9.47 Å². The van der Waals surface area contributed by atoms with Gasteiger partial charge in [0.15, 0.2) is 0 Å². The van der Waals surface area contributed by atoms with Gasteiger partial charge in [-0.2, -0.15) is 0 Å². The maximum absolute atomic E-state index is 5.54. The van der Waals surface area contributed by atoms with E-state index in [1.807, 2.05) is 13.8 Å². The van der Waals surface area contributed by atoms with Gasteiger partial charge < -0.3 is 14.8 Å². The first-order valence-electron chi connectivity index (χ1n) is 4.89. The summed E-state index contributed by atoms with van der Waals surface area (Å²) in [4.78, 5) is 0. The van der Waals surface area contributed by atoms with E-state index in [1.165, 1.54) is 0 Å². The fourth-order valence-corrected chi connectivity index (χ4v) is 1.10. The third-order valence-electron chi connectivity index (χ3n) is 1.92. The van der Waals surface area contributed by atoms with Gasteiger partial charge >= 0.3 is 0 Å². The van der Waals surface area contributed by atoms with Crippen LogP contribution in [0.4, 0.5) is 0 Å². The minimum atomic E-state index is -0.0811. The van der Waals surface area contributed by atoms with Crippen molar-refractivity contribution in [2.45, 2.75) is 39.4 Å². The van der Waals surface area contributed by atoms with Crippen molar-refractivity contribution in [3.63, 3.8) is 0 Å². The van der Waals surface area contributed by atoms with Crippen molar-refractivity contribution < 1.29 is 9.47 Å². The molecule has 1 N–H and O–H groups in total. The second kappa shape index (κ2) is 6.35. The lowest BCUT2D eigenvalue weighted by Crippen LogP contribution is -2.40. The third-order valence-corrected chi connectivity index (χ3v) is 1.92. The highest BCUT2D eigenvalue weighted by molar-refractivity contribution is 4.72. The predicted molar refractivity (Wildman–Crippen MR) is 55.0 cm³/mol. The molecule has 0 amide bonds. The molecule has 0 radical (unpaired) electrons. The summed E-state index contributed by atoms with van der Waals surface area (Å²) in [6.07, 6.45) is 0.262. The van der Waals surface area contributed by atoms with Crippen molar-refractivity contribution in [3.8, 4) is 0 Å². The highest BCUT2D eigenvalue weighted by atomic mass is 16.5. The van der Waals surface area contributed by atoms with Crippen LogP contribution >= 0.6 is 0 Å². The van der Waals surface area contributed by atoms with Crippen LogP contribution in [0.2, 0.25) is 0 Å². The standard InChI is InChI=1S/C10H23NO2/c1-6-13-10(3,4)8-11-7-9(2)12-5/h9,11H,6-8H2,1-5H3. The molecule has 1 unspecified atom stereocenters. The Kier molecular flexibility index (Phi) is 6.29. The van der Waals surface area contributed by atoms with E-state index in [0.717, 1.165) is 19.7 Å². The molecule has 0 saturated heterocycles. The molecule has 1 atom stereocenters. The van der Waals surface area contributed by atoms with Gasteiger partial charge in [-0.1, -0.05) is 0 Å². The molecule has 0 fully saturated rings. The number of nitrogens with one attached hydrogen (secondary N) is 1. The molecule has 0 spiro atoms. The Morgan fingerprint density at radius 3 is 2.46 bits per heavy atom. The van der Waals surface area contributed by atoms with Crippen LogP contribution in [-0.4, -0.2) is 38.5 Å². The Morgan fingerprint density at radius 2 is 2.00 bits per heavy atom. The molecule has 0 aliphatic rings. The Bertz CT molecular complexity index is 126. The van der Waals surface area contributed by atoms with Crippen LogP contribution in [0.3, 0.4) is 0 Å². The zero-order valence-electron chi connectivity index (χ0n) is 9.52. The first kappa shape index (κ1) is 12.9. The van der Waals surface area contributed by atoms with Crippen LogP contribution < -0.4 is 5.32 Å². The van der Waals surface area contributed by atoms with Crippen LogP contribution in [0, 0.1) is 0 Å². The summed E-state index contributed by atoms with van der Waals surface area (Å²) in [6, 6.07) is 0. The molecule has 0 bridgehead atoms. The monoisotopic (exact) mass is 189 g/mol. The average molecular weight is 189 g/mol. The van der Waals surface area contributed by atoms with E-state index in [0.29, 0.717) is 0 Å². The number of hydrogen-bond donors (Lipinski definition) is 1. The summed E-state index contributed by atoms with van der Waals surface area (Å²) in [6.45, 7) is 10.7. The molecule has 0 rings (SSSR count). The van der Waals surface area contributed by atoms with Crippen LogP contribution in [0.25, 0.3) is 0 Å². The van der Waals surface area contributed by atoms with E-state index in [1.54, 1.807) is 7.11 Å². The fourth-order valence-electron chi connectivity index (χ4n) is 1.10. The molecule has 0 aliphatic heterocycles. The highest BCUT2D eigenvalue weighted by Crippen LogP contribution is 2.06. The lowest BCUT2D eigenvalue weighted by Gasteiger charge is -2.25. The second-order valence-corrected chi connectivity index (χ2v) is 3.87. The first-order chi connectivity index (χ1) is 6.02. The quantitative estimate of drug-likeness (QED) is 0.657. The van der Waals surface area contributed by atoms with Crippen LogP contribution in [0.5, 0.6) is 0 Å². The molecule has 3 heteroatoms. The number of hydrogen-bond acceptors (Lipinski definition) is 3. The SMILES string of the molecule is CCOC(C)(C)CNCC(C)OC. The van der Waals surface area contributed by atoms with Crippen molar-refractivity contribution in [1.82, 2.24) is 5.32 Å². The Morgan fingerprint density at radius 1 is 1.38 bits per heavy atom. The molecule has 0 aliphatic carbocycles. The van der Waals surface area contributed by atoms with E-state index in [4.69, 9.17) is 9.47 Å². The topological polar surface area (TPSA) is 30.5 Å². The molecule has 0 aromatic heterocycles. The summed E-state index contributed by atoms with van der Waals surface area (Å²) in [5, 5.41) is 3.31. The molecule has 0 saturated carbocycles. The van der Waals surface area contributed by atoms with Gasteiger partial charge in [0.1, 0.15) is 0 Å². The largest absolute Gasteiger partial charge is 0.380 e. The van der Waals surface area contributed by atoms with E-state index < -0.39 is 0 Å². The Hall–Kier alpha value is -0.120. The maximum Gasteiger partial charge on any atom is 0.0750 e. The average Bonchev–Trinajstić information content (AvgIpc) is 2.03. The number of ether oxygens (including phenoxy) is 2. The van der Waals surface area contributed by atoms with E-state index in [9.17, 15) is 0 Å². The van der Waals surface area contributed by atoms with Gasteiger partial charge in [0.2, 0.25) is 0 Å². The van der Waals surface area contributed by atoms with Gasteiger partial charge in [-0.05, 0) is 27.7 Å². The molecular weight excluding hydrogens is 166 g/mol. The lowest BCUT2D eigenvalue weighted by molar-refractivity contribution is -0.0109. The summed E-state index contributed by atoms with van der Waals surface area (Å²) in [5.41, 5.74) is -0.0811. The molecule has 3 nitrogen and oxygen atoms in total. The molecule has 0 heterocycles. The minimum Gasteiger partial charge on any atom is -0.380 e. The van der Waals surface area contributed by atoms with Crippen LogP contribution in [0.15, 0.2) is 0 Å². The van der Waals surface area contributed by atoms with Crippen molar-refractivity contribution in [3.05, 3.63) is 0 Å². The maximum atomic E-state index is 5.54. The van der Waals surface area contributed by atoms with Gasteiger partial charge in [0.05, 0.1) is 11.7 Å². The minimum absolute atomic E-state index is 0.0811. The lowest BCUT2D eigenvalue weighted by atomic mass is 10.1. The summed E-state index contributed by atoms with van der Waals surface area (Å²) >= 11 is 0. The van der Waals surface area contributed by atoms with E-state index in [2.05, 4.69) is 19.2 Å². The van der Waals surface area contributed by atoms with Gasteiger partial charge in [-0.25, -0.2) is 0 Å². The molecule has 13 heavy (non-hydrogen) atoms. The molecule has 0 aromatic rings. The summed E-state index contributed by atoms with van der Waals surface area (Å²) < 4.78 is 10.7. The second-order valence-electron chi connectivity index (χ2n) is 3.87. The zero-order chi connectivity index (χ0) is 10.3. The Balaban J connectivity index is 3.50. The number of methoxy groups -OCH3 is 1. The van der Waals surface area contributed by atoms with Crippen molar-refractivity contribution in [1.29, 1.82) is 0 Å². The van der Waals surface area contributed by atoms with Crippen molar-refractivity contribution >= 4 is 0 Å². The summed E-state index contributed by atoms with van der Waals surface area (Å²) in [7, 11) is 1.72. The Labute approximate surface area is 81.8 Å². The third kappa shape index (κ3) is 6.99. The van der Waals surface area contributed by atoms with Crippen molar-refractivity contribution in [2.75, 3.05) is 26.8 Å². The molecule has 80 valence electrons.